The summed E-state index contributed by atoms with van der Waals surface area (Å²) in [6.45, 7) is 5.34. The predicted molar refractivity (Wildman–Crippen MR) is 77.5 cm³/mol. The number of Topliss-reactive ketones (excluding diaryl/α,β-unsaturated/α-hetero) is 1. The summed E-state index contributed by atoms with van der Waals surface area (Å²) in [5, 5.41) is 2.74. The number of anilines is 1. The molecule has 1 atom stereocenters. The van der Waals surface area contributed by atoms with Crippen LogP contribution < -0.4 is 11.1 Å². The Bertz CT molecular complexity index is 502. The highest BCUT2D eigenvalue weighted by Gasteiger charge is 2.32. The van der Waals surface area contributed by atoms with Gasteiger partial charge in [0.2, 0.25) is 0 Å². The minimum absolute atomic E-state index is 0.120. The van der Waals surface area contributed by atoms with Crippen LogP contribution in [0.3, 0.4) is 0 Å². The molecule has 0 spiro atoms. The van der Waals surface area contributed by atoms with Gasteiger partial charge in [-0.2, -0.15) is 0 Å². The van der Waals surface area contributed by atoms with E-state index >= 15 is 0 Å². The topological polar surface area (TPSA) is 72.2 Å². The highest BCUT2D eigenvalue weighted by molar-refractivity contribution is 6.29. The number of carbonyl (C=O) groups is 2. The molecule has 0 saturated heterocycles. The Morgan fingerprint density at radius 1 is 1.42 bits per heavy atom. The molecule has 1 amide bonds. The number of nitrogens with two attached hydrogens (primary N) is 1. The van der Waals surface area contributed by atoms with Gasteiger partial charge in [-0.15, -0.1) is 11.6 Å². The fraction of sp³-hybridized carbons (Fsp3) is 0.429. The van der Waals surface area contributed by atoms with Gasteiger partial charge in [-0.3, -0.25) is 9.59 Å². The van der Waals surface area contributed by atoms with Crippen molar-refractivity contribution in [1.82, 2.24) is 5.32 Å². The first-order valence-corrected chi connectivity index (χ1v) is 6.65. The largest absolute Gasteiger partial charge is 0.399 e. The molecule has 1 rings (SSSR count). The van der Waals surface area contributed by atoms with Crippen LogP contribution in [0.4, 0.5) is 5.69 Å². The summed E-state index contributed by atoms with van der Waals surface area (Å²) < 4.78 is 0. The zero-order valence-electron chi connectivity index (χ0n) is 11.4. The van der Waals surface area contributed by atoms with Gasteiger partial charge in [0.15, 0.2) is 5.78 Å². The van der Waals surface area contributed by atoms with E-state index in [-0.39, 0.29) is 17.6 Å². The predicted octanol–water partition coefficient (Wildman–Crippen LogP) is 2.28. The van der Waals surface area contributed by atoms with Crippen molar-refractivity contribution in [2.45, 2.75) is 32.7 Å². The lowest BCUT2D eigenvalue weighted by molar-refractivity contribution is -0.122. The number of nitrogens with one attached hydrogen (secondary N) is 1. The van der Waals surface area contributed by atoms with Crippen LogP contribution in [0.15, 0.2) is 18.2 Å². The maximum atomic E-state index is 12.2. The molecule has 0 aliphatic carbocycles. The van der Waals surface area contributed by atoms with Gasteiger partial charge >= 0.3 is 0 Å². The lowest BCUT2D eigenvalue weighted by Gasteiger charge is -2.27. The van der Waals surface area contributed by atoms with Crippen molar-refractivity contribution in [1.29, 1.82) is 0 Å². The standard InChI is InChI=1S/C14H19ClN2O2/c1-4-14(3,12(18)8-15)17-13(19)10-5-6-11(16)9(2)7-10/h5-7H,4,8,16H2,1-3H3,(H,17,19). The third-order valence-corrected chi connectivity index (χ3v) is 3.61. The zero-order valence-corrected chi connectivity index (χ0v) is 12.2. The maximum Gasteiger partial charge on any atom is 0.252 e. The number of benzene rings is 1. The Hall–Kier alpha value is -1.55. The number of hydrogen-bond acceptors (Lipinski definition) is 3. The maximum absolute atomic E-state index is 12.2. The molecule has 19 heavy (non-hydrogen) atoms. The van der Waals surface area contributed by atoms with Crippen molar-refractivity contribution in [2.75, 3.05) is 11.6 Å². The molecule has 0 aliphatic heterocycles. The third kappa shape index (κ3) is 3.47. The quantitative estimate of drug-likeness (QED) is 0.643. The van der Waals surface area contributed by atoms with Gasteiger partial charge in [0.05, 0.1) is 11.4 Å². The summed E-state index contributed by atoms with van der Waals surface area (Å²) in [7, 11) is 0. The molecule has 1 unspecified atom stereocenters. The normalized spacial score (nSPS) is 13.7. The highest BCUT2D eigenvalue weighted by Crippen LogP contribution is 2.16. The molecule has 0 fully saturated rings. The molecule has 4 nitrogen and oxygen atoms in total. The van der Waals surface area contributed by atoms with Crippen LogP contribution in [0.5, 0.6) is 0 Å². The molecule has 0 aromatic heterocycles. The number of ketones is 1. The van der Waals surface area contributed by atoms with Crippen LogP contribution >= 0.6 is 11.6 Å². The second-order valence-corrected chi connectivity index (χ2v) is 5.04. The number of halogens is 1. The number of rotatable bonds is 5. The van der Waals surface area contributed by atoms with E-state index in [2.05, 4.69) is 5.32 Å². The molecular weight excluding hydrogens is 264 g/mol. The average molecular weight is 283 g/mol. The molecule has 1 aromatic carbocycles. The van der Waals surface area contributed by atoms with Crippen LogP contribution in [0, 0.1) is 6.92 Å². The molecule has 0 bridgehead atoms. The molecule has 104 valence electrons. The molecule has 0 radical (unpaired) electrons. The van der Waals surface area contributed by atoms with Crippen molar-refractivity contribution < 1.29 is 9.59 Å². The van der Waals surface area contributed by atoms with E-state index in [1.54, 1.807) is 25.1 Å². The van der Waals surface area contributed by atoms with E-state index in [9.17, 15) is 9.59 Å². The number of alkyl halides is 1. The summed E-state index contributed by atoms with van der Waals surface area (Å²) in [5.41, 5.74) is 6.71. The smallest absolute Gasteiger partial charge is 0.252 e. The molecule has 0 heterocycles. The molecule has 3 N–H and O–H groups in total. The first-order chi connectivity index (χ1) is 8.84. The van der Waals surface area contributed by atoms with Gasteiger partial charge < -0.3 is 11.1 Å². The van der Waals surface area contributed by atoms with Crippen molar-refractivity contribution in [2.24, 2.45) is 0 Å². The van der Waals surface area contributed by atoms with Crippen LogP contribution in [-0.2, 0) is 4.79 Å². The number of hydrogen-bond donors (Lipinski definition) is 2. The van der Waals surface area contributed by atoms with E-state index in [1.165, 1.54) is 0 Å². The van der Waals surface area contributed by atoms with Crippen molar-refractivity contribution >= 4 is 29.0 Å². The summed E-state index contributed by atoms with van der Waals surface area (Å²) in [5.74, 6) is -0.617. The molecule has 1 aromatic rings. The van der Waals surface area contributed by atoms with E-state index in [1.807, 2.05) is 13.8 Å². The Kier molecular flexibility index (Phi) is 4.95. The Labute approximate surface area is 118 Å². The Balaban J connectivity index is 2.94. The van der Waals surface area contributed by atoms with Gasteiger partial charge in [0.25, 0.3) is 5.91 Å². The summed E-state index contributed by atoms with van der Waals surface area (Å²) in [6, 6.07) is 5.02. The van der Waals surface area contributed by atoms with Crippen molar-refractivity contribution in [3.63, 3.8) is 0 Å². The minimum atomic E-state index is -0.936. The van der Waals surface area contributed by atoms with Gasteiger partial charge in [0.1, 0.15) is 0 Å². The number of nitrogen functional groups attached to an aromatic ring is 1. The lowest BCUT2D eigenvalue weighted by Crippen LogP contribution is -2.52. The fourth-order valence-electron chi connectivity index (χ4n) is 1.64. The lowest BCUT2D eigenvalue weighted by atomic mass is 9.93. The molecule has 0 saturated carbocycles. The zero-order chi connectivity index (χ0) is 14.6. The molecular formula is C14H19ClN2O2. The average Bonchev–Trinajstić information content (AvgIpc) is 2.40. The van der Waals surface area contributed by atoms with Crippen molar-refractivity contribution in [3.8, 4) is 0 Å². The Morgan fingerprint density at radius 2 is 2.05 bits per heavy atom. The fourth-order valence-corrected chi connectivity index (χ4v) is 1.94. The second kappa shape index (κ2) is 6.06. The summed E-state index contributed by atoms with van der Waals surface area (Å²) in [6.07, 6.45) is 0.484. The first kappa shape index (κ1) is 15.5. The summed E-state index contributed by atoms with van der Waals surface area (Å²) >= 11 is 5.57. The highest BCUT2D eigenvalue weighted by atomic mass is 35.5. The van der Waals surface area contributed by atoms with Crippen LogP contribution in [0.25, 0.3) is 0 Å². The number of amides is 1. The minimum Gasteiger partial charge on any atom is -0.399 e. The molecule has 0 aliphatic rings. The first-order valence-electron chi connectivity index (χ1n) is 6.12. The van der Waals surface area contributed by atoms with E-state index in [0.29, 0.717) is 17.7 Å². The van der Waals surface area contributed by atoms with Gasteiger partial charge in [0, 0.05) is 11.3 Å². The second-order valence-electron chi connectivity index (χ2n) is 4.77. The van der Waals surface area contributed by atoms with Crippen LogP contribution in [0.1, 0.15) is 36.2 Å². The number of aryl methyl sites for hydroxylation is 1. The molecule has 5 heteroatoms. The van der Waals surface area contributed by atoms with Crippen molar-refractivity contribution in [3.05, 3.63) is 29.3 Å². The van der Waals surface area contributed by atoms with Gasteiger partial charge in [-0.05, 0) is 44.0 Å². The van der Waals surface area contributed by atoms with E-state index in [0.717, 1.165) is 5.56 Å². The van der Waals surface area contributed by atoms with Gasteiger partial charge in [-0.25, -0.2) is 0 Å². The monoisotopic (exact) mass is 282 g/mol. The van der Waals surface area contributed by atoms with E-state index < -0.39 is 5.54 Å². The third-order valence-electron chi connectivity index (χ3n) is 3.37. The van der Waals surface area contributed by atoms with Crippen LogP contribution in [-0.4, -0.2) is 23.1 Å². The van der Waals surface area contributed by atoms with Crippen LogP contribution in [0.2, 0.25) is 0 Å². The van der Waals surface area contributed by atoms with Gasteiger partial charge in [-0.1, -0.05) is 6.92 Å². The number of carbonyl (C=O) groups excluding carboxylic acids is 2. The SMILES string of the molecule is CCC(C)(NC(=O)c1ccc(N)c(C)c1)C(=O)CCl. The van der Waals surface area contributed by atoms with E-state index in [4.69, 9.17) is 17.3 Å². The summed E-state index contributed by atoms with van der Waals surface area (Å²) in [4.78, 5) is 23.9. The Morgan fingerprint density at radius 3 is 2.53 bits per heavy atom.